The number of rotatable bonds is 16. The van der Waals surface area contributed by atoms with Crippen LogP contribution in [0.2, 0.25) is 0 Å². The molecule has 12 aromatic rings. The average Bonchev–Trinajstić information content (AvgIpc) is 0.698. The first kappa shape index (κ1) is 62.2. The van der Waals surface area contributed by atoms with E-state index in [1.54, 1.807) is 121 Å². The highest BCUT2D eigenvalue weighted by atomic mass is 19.2. The number of anilines is 12. The van der Waals surface area contributed by atoms with Gasteiger partial charge in [0.05, 0.1) is 22.7 Å². The molecule has 0 saturated carbocycles. The van der Waals surface area contributed by atoms with Crippen molar-refractivity contribution < 1.29 is 52.7 Å². The molecule has 4 nitrogen and oxygen atoms in total. The molecule has 0 radical (unpaired) electrons. The Kier molecular flexibility index (Phi) is 16.5. The zero-order chi connectivity index (χ0) is 65.5. The molecule has 0 N–H and O–H groups in total. The average molecular weight is 1260 g/mol. The Morgan fingerprint density at radius 3 is 0.565 bits per heavy atom. The van der Waals surface area contributed by atoms with E-state index >= 15 is 52.7 Å². The van der Waals surface area contributed by atoms with Crippen molar-refractivity contribution in [1.82, 2.24) is 0 Å². The zero-order valence-corrected chi connectivity index (χ0v) is 51.0. The third kappa shape index (κ3) is 10.7. The van der Waals surface area contributed by atoms with E-state index in [0.29, 0.717) is 70.8 Å². The minimum atomic E-state index is -1.37. The second kappa shape index (κ2) is 24.3. The van der Waals surface area contributed by atoms with Gasteiger partial charge in [-0.05, 0) is 82.3 Å². The van der Waals surface area contributed by atoms with Gasteiger partial charge in [-0.1, -0.05) is 152 Å². The summed E-state index contributed by atoms with van der Waals surface area (Å²) in [4.78, 5) is 4.90. The van der Waals surface area contributed by atoms with Crippen LogP contribution in [0.5, 0.6) is 0 Å². The Labute approximate surface area is 523 Å². The third-order valence-electron chi connectivity index (χ3n) is 16.8. The topological polar surface area (TPSA) is 13.0 Å². The Morgan fingerprint density at radius 1 is 0.217 bits per heavy atom. The summed E-state index contributed by atoms with van der Waals surface area (Å²) in [5.41, 5.74) is -1.00. The monoisotopic (exact) mass is 1250 g/mol. The quantitative estimate of drug-likeness (QED) is 0.0706. The maximum absolute atomic E-state index is 17.4. The van der Waals surface area contributed by atoms with Gasteiger partial charge in [-0.15, -0.1) is 0 Å². The number of halogens is 12. The van der Waals surface area contributed by atoms with Crippen LogP contribution in [-0.2, 0) is 0 Å². The van der Waals surface area contributed by atoms with E-state index in [2.05, 4.69) is 0 Å². The van der Waals surface area contributed by atoms with Gasteiger partial charge in [0.25, 0.3) is 0 Å². The fraction of sp³-hybridized carbons (Fsp3) is 0.158. The van der Waals surface area contributed by atoms with Crippen molar-refractivity contribution >= 4 is 101 Å². The minimum Gasteiger partial charge on any atom is -0.304 e. The van der Waals surface area contributed by atoms with E-state index in [1.807, 2.05) is 55.4 Å². The van der Waals surface area contributed by atoms with Crippen LogP contribution < -0.4 is 19.6 Å². The standard InChI is InChI=1S/C76H58F12N4/c1-39(2)47-17-9-13-21-63(47)89(73-55(81)29-43(77)30-56(73)82)67-37-68(90(64-22-14-10-18-48(64)40(3)4)74-57(83)31-44(78)32-58(74)84)52-27-28-54-70(92(66-24-16-12-20-50(66)42(7)8)76-61(87)35-46(80)36-62(76)88)38-69(53-26-25-51(67)71(52)72(53)54)91(65-23-15-11-19-49(65)41(5)6)75-59(85)33-45(79)34-60(75)86/h9-42H,1-8H3. The van der Waals surface area contributed by atoms with Crippen molar-refractivity contribution in [2.75, 3.05) is 19.6 Å². The van der Waals surface area contributed by atoms with Gasteiger partial charge in [-0.3, -0.25) is 0 Å². The van der Waals surface area contributed by atoms with Crippen molar-refractivity contribution in [2.24, 2.45) is 0 Å². The maximum Gasteiger partial charge on any atom is 0.153 e. The lowest BCUT2D eigenvalue weighted by molar-refractivity contribution is 0.544. The minimum absolute atomic E-state index is 0.0924. The third-order valence-corrected chi connectivity index (χ3v) is 16.8. The molecule has 0 unspecified atom stereocenters. The molecule has 0 spiro atoms. The van der Waals surface area contributed by atoms with Crippen LogP contribution in [0.3, 0.4) is 0 Å². The highest BCUT2D eigenvalue weighted by Crippen LogP contribution is 2.58. The van der Waals surface area contributed by atoms with E-state index in [9.17, 15) is 0 Å². The van der Waals surface area contributed by atoms with Gasteiger partial charge in [0.2, 0.25) is 0 Å². The highest BCUT2D eigenvalue weighted by molar-refractivity contribution is 6.33. The largest absolute Gasteiger partial charge is 0.304 e. The van der Waals surface area contributed by atoms with E-state index in [-0.39, 0.29) is 101 Å². The summed E-state index contributed by atoms with van der Waals surface area (Å²) in [6.45, 7) is 14.7. The summed E-state index contributed by atoms with van der Waals surface area (Å²) >= 11 is 0. The molecule has 0 fully saturated rings. The van der Waals surface area contributed by atoms with Crippen LogP contribution in [0, 0.1) is 69.8 Å². The summed E-state index contributed by atoms with van der Waals surface area (Å²) in [6.07, 6.45) is 0. The number of para-hydroxylation sites is 4. The summed E-state index contributed by atoms with van der Waals surface area (Å²) in [6, 6.07) is 39.7. The van der Waals surface area contributed by atoms with E-state index < -0.39 is 92.6 Å². The normalized spacial score (nSPS) is 11.9. The van der Waals surface area contributed by atoms with Crippen molar-refractivity contribution in [3.63, 3.8) is 0 Å². The van der Waals surface area contributed by atoms with Gasteiger partial charge in [0.15, 0.2) is 46.5 Å². The first-order valence-corrected chi connectivity index (χ1v) is 29.9. The van der Waals surface area contributed by atoms with Gasteiger partial charge in [-0.25, -0.2) is 52.7 Å². The van der Waals surface area contributed by atoms with Crippen LogP contribution in [0.4, 0.5) is 121 Å². The van der Waals surface area contributed by atoms with Crippen LogP contribution in [-0.4, -0.2) is 0 Å². The molecule has 12 aromatic carbocycles. The Hall–Kier alpha value is -9.96. The lowest BCUT2D eigenvalue weighted by Gasteiger charge is -2.36. The summed E-state index contributed by atoms with van der Waals surface area (Å²) in [5, 5.41) is 0.649. The van der Waals surface area contributed by atoms with Gasteiger partial charge in [0, 0.05) is 104 Å². The van der Waals surface area contributed by atoms with Gasteiger partial charge in [0.1, 0.15) is 46.0 Å². The molecule has 92 heavy (non-hydrogen) atoms. The lowest BCUT2D eigenvalue weighted by atomic mass is 9.88. The molecule has 0 amide bonds. The van der Waals surface area contributed by atoms with Crippen molar-refractivity contribution in [3.8, 4) is 0 Å². The SMILES string of the molecule is CC(C)c1ccccc1N(c1c(F)cc(F)cc1F)c1cc(N(c2ccccc2C(C)C)c2c(F)cc(F)cc2F)c2ccc3c(N(c4ccccc4C(C)C)c4c(F)cc(F)cc4F)cc(N(c4ccccc4C(C)C)c4c(F)cc(F)cc4F)c4ccc1c2c43. The number of hydrogen-bond donors (Lipinski definition) is 0. The summed E-state index contributed by atoms with van der Waals surface area (Å²) in [5.74, 6) is -17.6. The molecule has 466 valence electrons. The fourth-order valence-electron chi connectivity index (χ4n) is 12.9. The van der Waals surface area contributed by atoms with Gasteiger partial charge >= 0.3 is 0 Å². The Bertz CT molecular complexity index is 4180. The second-order valence-corrected chi connectivity index (χ2v) is 24.0. The molecular formula is C76H58F12N4. The Balaban J connectivity index is 1.40. The molecule has 0 heterocycles. The molecular weight excluding hydrogens is 1200 g/mol. The molecule has 0 saturated heterocycles. The van der Waals surface area contributed by atoms with Gasteiger partial charge < -0.3 is 19.6 Å². The number of benzene rings is 12. The zero-order valence-electron chi connectivity index (χ0n) is 51.0. The maximum atomic E-state index is 17.4. The molecule has 0 bridgehead atoms. The molecule has 0 atom stereocenters. The van der Waals surface area contributed by atoms with Crippen molar-refractivity contribution in [2.45, 2.75) is 79.1 Å². The van der Waals surface area contributed by atoms with E-state index in [1.165, 1.54) is 31.7 Å². The molecule has 0 aromatic heterocycles. The molecule has 0 aliphatic rings. The highest BCUT2D eigenvalue weighted by Gasteiger charge is 2.36. The van der Waals surface area contributed by atoms with E-state index in [4.69, 9.17) is 0 Å². The molecule has 16 heteroatoms. The van der Waals surface area contributed by atoms with Crippen LogP contribution in [0.15, 0.2) is 182 Å². The lowest BCUT2D eigenvalue weighted by Crippen LogP contribution is -2.20. The summed E-state index contributed by atoms with van der Waals surface area (Å²) < 4.78 is 201. The molecule has 0 aliphatic heterocycles. The van der Waals surface area contributed by atoms with E-state index in [0.717, 1.165) is 0 Å². The first-order valence-electron chi connectivity index (χ1n) is 29.9. The van der Waals surface area contributed by atoms with Crippen LogP contribution in [0.25, 0.3) is 32.3 Å². The van der Waals surface area contributed by atoms with Crippen LogP contribution >= 0.6 is 0 Å². The predicted molar refractivity (Wildman–Crippen MR) is 345 cm³/mol. The van der Waals surface area contributed by atoms with Gasteiger partial charge in [-0.2, -0.15) is 0 Å². The molecule has 0 aliphatic carbocycles. The second-order valence-electron chi connectivity index (χ2n) is 24.0. The smallest absolute Gasteiger partial charge is 0.153 e. The summed E-state index contributed by atoms with van der Waals surface area (Å²) in [7, 11) is 0. The first-order chi connectivity index (χ1) is 43.9. The number of hydrogen-bond acceptors (Lipinski definition) is 4. The van der Waals surface area contributed by atoms with Crippen molar-refractivity contribution in [1.29, 1.82) is 0 Å². The predicted octanol–water partition coefficient (Wildman–Crippen LogP) is 24.6. The number of nitrogens with zero attached hydrogens (tertiary/aromatic N) is 4. The van der Waals surface area contributed by atoms with Crippen molar-refractivity contribution in [3.05, 3.63) is 274 Å². The molecule has 12 rings (SSSR count). The Morgan fingerprint density at radius 2 is 0.391 bits per heavy atom. The fourth-order valence-corrected chi connectivity index (χ4v) is 12.9. The van der Waals surface area contributed by atoms with Crippen LogP contribution in [0.1, 0.15) is 101 Å².